The maximum absolute atomic E-state index is 5.67. The largest absolute Gasteiger partial charge is 0.326 e. The Labute approximate surface area is 403 Å². The van der Waals surface area contributed by atoms with Gasteiger partial charge in [0.25, 0.3) is 0 Å². The number of benzene rings is 8. The zero-order valence-electron chi connectivity index (χ0n) is 37.4. The zero-order valence-corrected chi connectivity index (χ0v) is 38.2. The fourth-order valence-electron chi connectivity index (χ4n) is 11.9. The molecule has 0 radical (unpaired) electrons. The van der Waals surface area contributed by atoms with Gasteiger partial charge in [-0.2, -0.15) is 9.97 Å². The molecular formula is C63H41N5S. The Morgan fingerprint density at radius 3 is 1.57 bits per heavy atom. The number of hydrogen-bond donors (Lipinski definition) is 0. The third-order valence-electron chi connectivity index (χ3n) is 14.8. The predicted octanol–water partition coefficient (Wildman–Crippen LogP) is 15.7. The van der Waals surface area contributed by atoms with E-state index in [4.69, 9.17) is 15.0 Å². The van der Waals surface area contributed by atoms with Crippen LogP contribution in [0.15, 0.2) is 218 Å². The lowest BCUT2D eigenvalue weighted by molar-refractivity contribution is 0.666. The normalized spacial score (nSPS) is 17.4. The Hall–Kier alpha value is -8.45. The van der Waals surface area contributed by atoms with Crippen molar-refractivity contribution in [3.05, 3.63) is 228 Å². The smallest absolute Gasteiger partial charge is 0.230 e. The van der Waals surface area contributed by atoms with E-state index in [1.54, 1.807) is 0 Å². The highest BCUT2D eigenvalue weighted by molar-refractivity contribution is 7.20. The first kappa shape index (κ1) is 38.6. The van der Waals surface area contributed by atoms with Crippen LogP contribution in [0.1, 0.15) is 22.8 Å². The first-order valence-electron chi connectivity index (χ1n) is 23.8. The van der Waals surface area contributed by atoms with Crippen LogP contribution in [0, 0.1) is 0 Å². The molecule has 0 amide bonds. The van der Waals surface area contributed by atoms with Crippen molar-refractivity contribution < 1.29 is 0 Å². The van der Waals surface area contributed by atoms with Crippen LogP contribution >= 0.6 is 11.3 Å². The van der Waals surface area contributed by atoms with Crippen LogP contribution < -0.4 is 4.90 Å². The third-order valence-corrected chi connectivity index (χ3v) is 16.0. The number of allylic oxidation sites excluding steroid dienone is 2. The van der Waals surface area contributed by atoms with Gasteiger partial charge in [0.1, 0.15) is 0 Å². The number of rotatable bonds is 7. The van der Waals surface area contributed by atoms with E-state index >= 15 is 0 Å². The maximum Gasteiger partial charge on any atom is 0.230 e. The van der Waals surface area contributed by atoms with Gasteiger partial charge in [-0.25, -0.2) is 4.98 Å². The Kier molecular flexibility index (Phi) is 8.41. The van der Waals surface area contributed by atoms with Gasteiger partial charge in [0.2, 0.25) is 5.95 Å². The quantitative estimate of drug-likeness (QED) is 0.160. The van der Waals surface area contributed by atoms with Crippen LogP contribution in [0.4, 0.5) is 5.95 Å². The van der Waals surface area contributed by atoms with Gasteiger partial charge < -0.3 is 9.47 Å². The average molecular weight is 900 g/mol. The Morgan fingerprint density at radius 2 is 1.00 bits per heavy atom. The number of thiophene rings is 1. The summed E-state index contributed by atoms with van der Waals surface area (Å²) in [6, 6.07) is 69.8. The van der Waals surface area contributed by atoms with Crippen molar-refractivity contribution in [2.45, 2.75) is 24.4 Å². The number of para-hydroxylation sites is 1. The fraction of sp³-hybridized carbons (Fsp3) is 0.0635. The summed E-state index contributed by atoms with van der Waals surface area (Å²) in [6.45, 7) is 0. The van der Waals surface area contributed by atoms with Gasteiger partial charge in [0.15, 0.2) is 11.6 Å². The van der Waals surface area contributed by atoms with Crippen LogP contribution in [0.3, 0.4) is 0 Å². The molecule has 15 rings (SSSR count). The lowest BCUT2D eigenvalue weighted by Gasteiger charge is -2.32. The molecule has 2 aliphatic heterocycles. The molecule has 3 atom stereocenters. The lowest BCUT2D eigenvalue weighted by atomic mass is 9.80. The number of anilines is 1. The molecule has 8 aromatic carbocycles. The Bertz CT molecular complexity index is 3740. The molecule has 1 saturated heterocycles. The number of fused-ring (bicyclic) bond motifs is 4. The second-order valence-electron chi connectivity index (χ2n) is 18.6. The minimum Gasteiger partial charge on any atom is -0.326 e. The zero-order chi connectivity index (χ0) is 45.2. The van der Waals surface area contributed by atoms with Crippen LogP contribution in [-0.4, -0.2) is 31.6 Å². The first-order valence-corrected chi connectivity index (χ1v) is 24.7. The Morgan fingerprint density at radius 1 is 0.478 bits per heavy atom. The molecule has 0 spiro atoms. The van der Waals surface area contributed by atoms with Crippen molar-refractivity contribution in [3.63, 3.8) is 0 Å². The van der Waals surface area contributed by atoms with Crippen molar-refractivity contribution in [1.82, 2.24) is 19.5 Å². The minimum absolute atomic E-state index is 0.00880. The molecule has 69 heavy (non-hydrogen) atoms. The van der Waals surface area contributed by atoms with E-state index in [1.165, 1.54) is 53.6 Å². The molecule has 3 aromatic heterocycles. The van der Waals surface area contributed by atoms with E-state index in [9.17, 15) is 0 Å². The molecule has 11 aromatic rings. The summed E-state index contributed by atoms with van der Waals surface area (Å²) in [4.78, 5) is 20.8. The highest BCUT2D eigenvalue weighted by atomic mass is 32.1. The standard InChI is InChI=1S/C63H41N5S/c1-5-16-38(17-6-1)42-32-43(39-18-7-2-8-19-39)35-46(34-42)61-64-62(47-36-44(40-20-9-3-10-21-40)33-45(37-47)41-22-11-4-12-23-41)66-63(65-61)68-52-27-15-26-51-56(52)57-53(68)29-31-54-58(57)59-55(69-54)30-28-49-48-24-13-14-25-50(48)67(51)60(49)59/h1-26,28-37,52-53,57H,27H2. The Balaban J connectivity index is 0.994. The highest BCUT2D eigenvalue weighted by Gasteiger charge is 2.52. The molecule has 0 N–H and O–H groups in total. The van der Waals surface area contributed by atoms with Gasteiger partial charge in [0, 0.05) is 48.5 Å². The molecule has 2 aliphatic carbocycles. The van der Waals surface area contributed by atoms with Gasteiger partial charge in [-0.05, 0) is 123 Å². The monoisotopic (exact) mass is 899 g/mol. The average Bonchev–Trinajstić information content (AvgIpc) is 4.06. The summed E-state index contributed by atoms with van der Waals surface area (Å²) in [6.07, 6.45) is 10.5. The van der Waals surface area contributed by atoms with E-state index in [0.717, 1.165) is 62.1 Å². The summed E-state index contributed by atoms with van der Waals surface area (Å²) in [5.41, 5.74) is 17.6. The van der Waals surface area contributed by atoms with E-state index in [0.29, 0.717) is 17.6 Å². The van der Waals surface area contributed by atoms with Crippen molar-refractivity contribution in [1.29, 1.82) is 0 Å². The SMILES string of the molecule is C1=CC2=C3C4c5c(sc6ccc7c8ccccc8n2c7c56)C=CC4N(c2nc(-c4cc(-c5ccccc5)cc(-c5ccccc5)c4)nc(-c4cc(-c5ccccc5)cc(-c5ccccc5)c4)n2)C3C1. The molecule has 5 nitrogen and oxygen atoms in total. The van der Waals surface area contributed by atoms with Crippen molar-refractivity contribution in [3.8, 4) is 67.3 Å². The minimum atomic E-state index is -0.00880. The molecule has 5 heterocycles. The van der Waals surface area contributed by atoms with Crippen molar-refractivity contribution in [2.75, 3.05) is 4.90 Å². The molecule has 324 valence electrons. The van der Waals surface area contributed by atoms with Gasteiger partial charge in [-0.1, -0.05) is 158 Å². The van der Waals surface area contributed by atoms with E-state index in [2.05, 4.69) is 228 Å². The number of nitrogens with zero attached hydrogens (tertiary/aromatic N) is 5. The molecular weight excluding hydrogens is 859 g/mol. The van der Waals surface area contributed by atoms with Crippen molar-refractivity contribution >= 4 is 61.0 Å². The van der Waals surface area contributed by atoms with Crippen LogP contribution in [-0.2, 0) is 0 Å². The third kappa shape index (κ3) is 5.92. The molecule has 0 saturated carbocycles. The number of aromatic nitrogens is 4. The van der Waals surface area contributed by atoms with E-state index < -0.39 is 0 Å². The lowest BCUT2D eigenvalue weighted by Crippen LogP contribution is -2.39. The van der Waals surface area contributed by atoms with Gasteiger partial charge in [0.05, 0.1) is 23.1 Å². The second kappa shape index (κ2) is 15.0. The second-order valence-corrected chi connectivity index (χ2v) is 19.7. The summed E-state index contributed by atoms with van der Waals surface area (Å²) in [5, 5.41) is 4.00. The molecule has 4 aliphatic rings. The molecule has 6 heteroatoms. The highest BCUT2D eigenvalue weighted by Crippen LogP contribution is 2.59. The van der Waals surface area contributed by atoms with Crippen molar-refractivity contribution in [2.24, 2.45) is 0 Å². The van der Waals surface area contributed by atoms with E-state index in [1.807, 2.05) is 11.3 Å². The van der Waals surface area contributed by atoms with E-state index in [-0.39, 0.29) is 18.0 Å². The predicted molar refractivity (Wildman–Crippen MR) is 286 cm³/mol. The van der Waals surface area contributed by atoms with Gasteiger partial charge >= 0.3 is 0 Å². The first-order chi connectivity index (χ1) is 34.2. The number of hydrogen-bond acceptors (Lipinski definition) is 5. The summed E-state index contributed by atoms with van der Waals surface area (Å²) in [5.74, 6) is 2.11. The maximum atomic E-state index is 5.67. The topological polar surface area (TPSA) is 46.8 Å². The van der Waals surface area contributed by atoms with Gasteiger partial charge in [-0.15, -0.1) is 11.3 Å². The van der Waals surface area contributed by atoms with Crippen LogP contribution in [0.5, 0.6) is 0 Å². The summed E-state index contributed by atoms with van der Waals surface area (Å²) >= 11 is 1.92. The fourth-order valence-corrected chi connectivity index (χ4v) is 13.0. The summed E-state index contributed by atoms with van der Waals surface area (Å²) in [7, 11) is 0. The van der Waals surface area contributed by atoms with Crippen LogP contribution in [0.25, 0.3) is 111 Å². The van der Waals surface area contributed by atoms with Crippen LogP contribution in [0.2, 0.25) is 0 Å². The molecule has 3 unspecified atom stereocenters. The summed E-state index contributed by atoms with van der Waals surface area (Å²) < 4.78 is 3.92. The molecule has 1 fully saturated rings. The molecule has 0 bridgehead atoms. The van der Waals surface area contributed by atoms with Gasteiger partial charge in [-0.3, -0.25) is 0 Å².